The van der Waals surface area contributed by atoms with Crippen LogP contribution in [0.15, 0.2) is 97.3 Å². The molecule has 1 fully saturated rings. The summed E-state index contributed by atoms with van der Waals surface area (Å²) in [6.45, 7) is 3.88. The van der Waals surface area contributed by atoms with Crippen molar-refractivity contribution in [3.8, 4) is 34.3 Å². The van der Waals surface area contributed by atoms with E-state index in [0.717, 1.165) is 32.1 Å². The van der Waals surface area contributed by atoms with Gasteiger partial charge in [-0.1, -0.05) is 36.4 Å². The van der Waals surface area contributed by atoms with Crippen LogP contribution >= 0.6 is 0 Å². The lowest BCUT2D eigenvalue weighted by Gasteiger charge is -2.25. The number of nitrogen functional groups attached to an aromatic ring is 1. The number of benzene rings is 3. The highest BCUT2D eigenvalue weighted by molar-refractivity contribution is 5.99. The Hall–Kier alpha value is -4.73. The van der Waals surface area contributed by atoms with Crippen molar-refractivity contribution in [3.63, 3.8) is 0 Å². The van der Waals surface area contributed by atoms with Gasteiger partial charge >= 0.3 is 0 Å². The number of ether oxygens (including phenoxy) is 3. The minimum Gasteiger partial charge on any atom is -0.457 e. The smallest absolute Gasteiger partial charge is 0.248 e. The molecule has 0 spiro atoms. The predicted molar refractivity (Wildman–Crippen MR) is 150 cm³/mol. The highest BCUT2D eigenvalue weighted by Gasteiger charge is 2.15. The average molecular weight is 524 g/mol. The highest BCUT2D eigenvalue weighted by Crippen LogP contribution is 2.36. The fourth-order valence-corrected chi connectivity index (χ4v) is 4.07. The summed E-state index contributed by atoms with van der Waals surface area (Å²) < 4.78 is 17.3. The Morgan fingerprint density at radius 1 is 0.923 bits per heavy atom. The number of rotatable bonds is 9. The number of carbonyl (C=O) groups excluding carboxylic acids is 1. The zero-order chi connectivity index (χ0) is 26.9. The van der Waals surface area contributed by atoms with Crippen LogP contribution in [0.3, 0.4) is 0 Å². The van der Waals surface area contributed by atoms with Gasteiger partial charge in [-0.2, -0.15) is 0 Å². The number of nitrogens with two attached hydrogens (primary N) is 1. The number of hydrogen-bond donors (Lipinski definition) is 2. The van der Waals surface area contributed by atoms with Gasteiger partial charge in [0.05, 0.1) is 18.8 Å². The largest absolute Gasteiger partial charge is 0.457 e. The lowest BCUT2D eigenvalue weighted by molar-refractivity contribution is -0.111. The zero-order valence-electron chi connectivity index (χ0n) is 21.3. The van der Waals surface area contributed by atoms with Crippen molar-refractivity contribution in [1.82, 2.24) is 14.9 Å². The maximum absolute atomic E-state index is 12.5. The molecule has 1 aliphatic rings. The van der Waals surface area contributed by atoms with Crippen molar-refractivity contribution in [2.45, 2.75) is 0 Å². The van der Waals surface area contributed by atoms with Gasteiger partial charge in [-0.05, 0) is 54.1 Å². The third-order valence-electron chi connectivity index (χ3n) is 6.01. The number of carbonyl (C=O) groups is 1. The summed E-state index contributed by atoms with van der Waals surface area (Å²) in [5, 5.41) is 2.90. The summed E-state index contributed by atoms with van der Waals surface area (Å²) >= 11 is 0. The van der Waals surface area contributed by atoms with Crippen molar-refractivity contribution in [2.75, 3.05) is 43.9 Å². The van der Waals surface area contributed by atoms with E-state index >= 15 is 0 Å². The molecule has 3 N–H and O–H groups in total. The van der Waals surface area contributed by atoms with E-state index in [9.17, 15) is 4.79 Å². The molecule has 1 aromatic heterocycles. The molecule has 0 saturated carbocycles. The number of nitrogens with one attached hydrogen (secondary N) is 1. The lowest BCUT2D eigenvalue weighted by Crippen LogP contribution is -2.36. The quantitative estimate of drug-likeness (QED) is 0.290. The van der Waals surface area contributed by atoms with Crippen molar-refractivity contribution in [3.05, 3.63) is 97.3 Å². The molecule has 0 radical (unpaired) electrons. The summed E-state index contributed by atoms with van der Waals surface area (Å²) in [7, 11) is 0. The van der Waals surface area contributed by atoms with Crippen LogP contribution in [0.25, 0.3) is 11.1 Å². The van der Waals surface area contributed by atoms with E-state index in [2.05, 4.69) is 20.2 Å². The van der Waals surface area contributed by atoms with Crippen LogP contribution in [0.4, 0.5) is 11.5 Å². The van der Waals surface area contributed by atoms with Crippen molar-refractivity contribution >= 4 is 17.4 Å². The number of amides is 1. The monoisotopic (exact) mass is 523 g/mol. The van der Waals surface area contributed by atoms with Gasteiger partial charge in [0.1, 0.15) is 29.4 Å². The number of morpholine rings is 1. The second kappa shape index (κ2) is 12.7. The van der Waals surface area contributed by atoms with Crippen molar-refractivity contribution < 1.29 is 19.0 Å². The van der Waals surface area contributed by atoms with Gasteiger partial charge < -0.3 is 25.3 Å². The first kappa shape index (κ1) is 25.9. The standard InChI is InChI=1S/C30H29N5O4/c31-29-28(22-6-4-7-23(20-22)34-27(36)10-5-15-35-16-18-37-19-17-35)30(33-21-32-29)39-26-13-11-25(12-14-26)38-24-8-2-1-3-9-24/h1-14,20-21H,15-19H2,(H,34,36)(H2,31,32,33). The Balaban J connectivity index is 1.27. The molecule has 198 valence electrons. The van der Waals surface area contributed by atoms with Crippen LogP contribution in [0.1, 0.15) is 0 Å². The molecule has 5 rings (SSSR count). The van der Waals surface area contributed by atoms with Crippen LogP contribution in [0, 0.1) is 0 Å². The van der Waals surface area contributed by atoms with E-state index in [4.69, 9.17) is 19.9 Å². The Labute approximate surface area is 226 Å². The van der Waals surface area contributed by atoms with Gasteiger partial charge in [-0.15, -0.1) is 0 Å². The number of nitrogens with zero attached hydrogens (tertiary/aromatic N) is 3. The molecule has 0 unspecified atom stereocenters. The lowest BCUT2D eigenvalue weighted by atomic mass is 10.1. The van der Waals surface area contributed by atoms with Gasteiger partial charge in [0, 0.05) is 31.4 Å². The summed E-state index contributed by atoms with van der Waals surface area (Å²) in [4.78, 5) is 23.2. The molecular formula is C30H29N5O4. The summed E-state index contributed by atoms with van der Waals surface area (Å²) in [5.41, 5.74) is 8.10. The molecule has 0 atom stereocenters. The molecule has 0 bridgehead atoms. The molecule has 0 aliphatic carbocycles. The predicted octanol–water partition coefficient (Wildman–Crippen LogP) is 5.14. The third-order valence-corrected chi connectivity index (χ3v) is 6.01. The molecule has 39 heavy (non-hydrogen) atoms. The van der Waals surface area contributed by atoms with Gasteiger partial charge in [-0.3, -0.25) is 9.69 Å². The van der Waals surface area contributed by atoms with Gasteiger partial charge in [0.25, 0.3) is 0 Å². The second-order valence-electron chi connectivity index (χ2n) is 8.81. The average Bonchev–Trinajstić information content (AvgIpc) is 2.95. The van der Waals surface area contributed by atoms with E-state index in [1.807, 2.05) is 72.8 Å². The van der Waals surface area contributed by atoms with E-state index in [0.29, 0.717) is 40.7 Å². The number of anilines is 2. The van der Waals surface area contributed by atoms with E-state index < -0.39 is 0 Å². The number of para-hydroxylation sites is 1. The first-order valence-electron chi connectivity index (χ1n) is 12.6. The van der Waals surface area contributed by atoms with Crippen LogP contribution in [-0.2, 0) is 9.53 Å². The fourth-order valence-electron chi connectivity index (χ4n) is 4.07. The first-order chi connectivity index (χ1) is 19.1. The van der Waals surface area contributed by atoms with Crippen LogP contribution in [0.2, 0.25) is 0 Å². The fraction of sp³-hybridized carbons (Fsp3) is 0.167. The molecule has 4 aromatic rings. The molecule has 9 nitrogen and oxygen atoms in total. The third kappa shape index (κ3) is 7.19. The molecule has 2 heterocycles. The first-order valence-corrected chi connectivity index (χ1v) is 12.6. The van der Waals surface area contributed by atoms with Gasteiger partial charge in [-0.25, -0.2) is 9.97 Å². The highest BCUT2D eigenvalue weighted by atomic mass is 16.5. The Bertz CT molecular complexity index is 1420. The Kier molecular flexibility index (Phi) is 8.42. The van der Waals surface area contributed by atoms with Crippen LogP contribution in [0.5, 0.6) is 23.1 Å². The van der Waals surface area contributed by atoms with E-state index in [-0.39, 0.29) is 11.7 Å². The second-order valence-corrected chi connectivity index (χ2v) is 8.81. The maximum atomic E-state index is 12.5. The number of aromatic nitrogens is 2. The Morgan fingerprint density at radius 3 is 2.41 bits per heavy atom. The van der Waals surface area contributed by atoms with E-state index in [1.165, 1.54) is 6.33 Å². The van der Waals surface area contributed by atoms with Crippen LogP contribution < -0.4 is 20.5 Å². The molecule has 1 aliphatic heterocycles. The topological polar surface area (TPSA) is 112 Å². The summed E-state index contributed by atoms with van der Waals surface area (Å²) in [6, 6.07) is 24.1. The normalized spacial score (nSPS) is 13.7. The summed E-state index contributed by atoms with van der Waals surface area (Å²) in [6.07, 6.45) is 4.75. The van der Waals surface area contributed by atoms with Crippen molar-refractivity contribution in [2.24, 2.45) is 0 Å². The van der Waals surface area contributed by atoms with E-state index in [1.54, 1.807) is 18.2 Å². The molecule has 9 heteroatoms. The van der Waals surface area contributed by atoms with Gasteiger partial charge in [0.15, 0.2) is 0 Å². The minimum atomic E-state index is -0.216. The molecule has 3 aromatic carbocycles. The number of hydrogen-bond acceptors (Lipinski definition) is 8. The molecule has 1 saturated heterocycles. The Morgan fingerprint density at radius 2 is 1.64 bits per heavy atom. The molecule has 1 amide bonds. The minimum absolute atomic E-state index is 0.216. The van der Waals surface area contributed by atoms with Gasteiger partial charge in [0.2, 0.25) is 11.8 Å². The van der Waals surface area contributed by atoms with Crippen molar-refractivity contribution in [1.29, 1.82) is 0 Å². The zero-order valence-corrected chi connectivity index (χ0v) is 21.3. The SMILES string of the molecule is Nc1ncnc(Oc2ccc(Oc3ccccc3)cc2)c1-c1cccc(NC(=O)C=CCN2CCOCC2)c1. The molecular weight excluding hydrogens is 494 g/mol. The summed E-state index contributed by atoms with van der Waals surface area (Å²) in [5.74, 6) is 2.33. The van der Waals surface area contributed by atoms with Crippen LogP contribution in [-0.4, -0.2) is 53.6 Å². The maximum Gasteiger partial charge on any atom is 0.248 e.